The van der Waals surface area contributed by atoms with E-state index in [1.165, 1.54) is 5.56 Å². The maximum Gasteiger partial charge on any atom is 0.0700 e. The van der Waals surface area contributed by atoms with Gasteiger partial charge in [-0.15, -0.1) is 0 Å². The Morgan fingerprint density at radius 2 is 2.24 bits per heavy atom. The first-order chi connectivity index (χ1) is 8.33. The molecule has 0 saturated heterocycles. The lowest BCUT2D eigenvalue weighted by Gasteiger charge is -2.12. The van der Waals surface area contributed by atoms with Crippen molar-refractivity contribution >= 4 is 11.3 Å². The van der Waals surface area contributed by atoms with Crippen molar-refractivity contribution in [2.45, 2.75) is 25.8 Å². The van der Waals surface area contributed by atoms with Gasteiger partial charge in [0.05, 0.1) is 13.2 Å². The minimum Gasteiger partial charge on any atom is -0.382 e. The quantitative estimate of drug-likeness (QED) is 0.653. The van der Waals surface area contributed by atoms with E-state index in [1.54, 1.807) is 18.4 Å². The zero-order chi connectivity index (χ0) is 12.3. The second-order valence-electron chi connectivity index (χ2n) is 4.15. The molecule has 1 aromatic rings. The van der Waals surface area contributed by atoms with Crippen molar-refractivity contribution in [1.82, 2.24) is 5.32 Å². The van der Waals surface area contributed by atoms with Crippen molar-refractivity contribution in [2.24, 2.45) is 0 Å². The van der Waals surface area contributed by atoms with Gasteiger partial charge in [0.2, 0.25) is 0 Å². The van der Waals surface area contributed by atoms with Crippen LogP contribution < -0.4 is 5.32 Å². The molecule has 0 aliphatic heterocycles. The summed E-state index contributed by atoms with van der Waals surface area (Å²) < 4.78 is 10.3. The van der Waals surface area contributed by atoms with E-state index >= 15 is 0 Å². The number of hydrogen-bond donors (Lipinski definition) is 1. The minimum absolute atomic E-state index is 0.531. The van der Waals surface area contributed by atoms with Gasteiger partial charge in [-0.05, 0) is 48.7 Å². The molecule has 0 aromatic carbocycles. The van der Waals surface area contributed by atoms with Crippen molar-refractivity contribution in [2.75, 3.05) is 33.5 Å². The van der Waals surface area contributed by atoms with Gasteiger partial charge in [0.1, 0.15) is 0 Å². The third kappa shape index (κ3) is 7.49. The van der Waals surface area contributed by atoms with Crippen LogP contribution in [0.2, 0.25) is 0 Å². The minimum atomic E-state index is 0.531. The summed E-state index contributed by atoms with van der Waals surface area (Å²) in [6.07, 6.45) is 2.16. The number of nitrogens with one attached hydrogen (secondary N) is 1. The van der Waals surface area contributed by atoms with E-state index in [2.05, 4.69) is 29.1 Å². The highest BCUT2D eigenvalue weighted by Crippen LogP contribution is 2.08. The molecule has 4 heteroatoms. The summed E-state index contributed by atoms with van der Waals surface area (Å²) in [7, 11) is 1.69. The SMILES string of the molecule is COCCOCCCNC(C)Cc1ccsc1. The number of hydrogen-bond acceptors (Lipinski definition) is 4. The Hall–Kier alpha value is -0.420. The molecule has 17 heavy (non-hydrogen) atoms. The largest absolute Gasteiger partial charge is 0.382 e. The molecule has 0 saturated carbocycles. The lowest BCUT2D eigenvalue weighted by atomic mass is 10.1. The number of rotatable bonds is 10. The summed E-state index contributed by atoms with van der Waals surface area (Å²) in [4.78, 5) is 0. The molecule has 1 unspecified atom stereocenters. The molecule has 0 bridgehead atoms. The van der Waals surface area contributed by atoms with Crippen molar-refractivity contribution < 1.29 is 9.47 Å². The van der Waals surface area contributed by atoms with Gasteiger partial charge in [-0.1, -0.05) is 0 Å². The normalized spacial score (nSPS) is 12.8. The lowest BCUT2D eigenvalue weighted by Crippen LogP contribution is -2.29. The third-order valence-electron chi connectivity index (χ3n) is 2.51. The molecule has 0 amide bonds. The summed E-state index contributed by atoms with van der Waals surface area (Å²) in [6, 6.07) is 2.72. The fourth-order valence-electron chi connectivity index (χ4n) is 1.60. The molecule has 1 aromatic heterocycles. The Morgan fingerprint density at radius 1 is 1.35 bits per heavy atom. The smallest absolute Gasteiger partial charge is 0.0700 e. The lowest BCUT2D eigenvalue weighted by molar-refractivity contribution is 0.0693. The molecular formula is C13H23NO2S. The van der Waals surface area contributed by atoms with Gasteiger partial charge in [-0.25, -0.2) is 0 Å². The predicted octanol–water partition coefficient (Wildman–Crippen LogP) is 2.32. The van der Waals surface area contributed by atoms with Crippen LogP contribution in [-0.4, -0.2) is 39.5 Å². The van der Waals surface area contributed by atoms with E-state index < -0.39 is 0 Å². The van der Waals surface area contributed by atoms with Gasteiger partial charge >= 0.3 is 0 Å². The average Bonchev–Trinajstić information content (AvgIpc) is 2.80. The summed E-state index contributed by atoms with van der Waals surface area (Å²) in [6.45, 7) is 5.42. The Morgan fingerprint density at radius 3 is 2.94 bits per heavy atom. The molecule has 0 fully saturated rings. The molecule has 1 heterocycles. The van der Waals surface area contributed by atoms with Crippen LogP contribution in [0.4, 0.5) is 0 Å². The molecule has 3 nitrogen and oxygen atoms in total. The Bertz CT molecular complexity index is 264. The van der Waals surface area contributed by atoms with Gasteiger partial charge < -0.3 is 14.8 Å². The van der Waals surface area contributed by atoms with Crippen molar-refractivity contribution in [3.8, 4) is 0 Å². The first-order valence-corrected chi connectivity index (χ1v) is 7.08. The van der Waals surface area contributed by atoms with E-state index in [9.17, 15) is 0 Å². The maximum atomic E-state index is 5.40. The predicted molar refractivity (Wildman–Crippen MR) is 72.8 cm³/mol. The fourth-order valence-corrected chi connectivity index (χ4v) is 2.28. The van der Waals surface area contributed by atoms with E-state index in [0.29, 0.717) is 19.3 Å². The second-order valence-corrected chi connectivity index (χ2v) is 4.93. The Balaban J connectivity index is 1.92. The van der Waals surface area contributed by atoms with Crippen LogP contribution >= 0.6 is 11.3 Å². The fraction of sp³-hybridized carbons (Fsp3) is 0.692. The topological polar surface area (TPSA) is 30.5 Å². The van der Waals surface area contributed by atoms with Crippen LogP contribution in [0.5, 0.6) is 0 Å². The second kappa shape index (κ2) is 9.59. The molecule has 1 N–H and O–H groups in total. The van der Waals surface area contributed by atoms with Crippen LogP contribution in [0.3, 0.4) is 0 Å². The van der Waals surface area contributed by atoms with Crippen LogP contribution in [0.15, 0.2) is 16.8 Å². The zero-order valence-corrected chi connectivity index (χ0v) is 11.6. The van der Waals surface area contributed by atoms with Gasteiger partial charge in [-0.3, -0.25) is 0 Å². The van der Waals surface area contributed by atoms with Crippen molar-refractivity contribution in [1.29, 1.82) is 0 Å². The molecule has 0 spiro atoms. The molecule has 1 atom stereocenters. The van der Waals surface area contributed by atoms with Crippen LogP contribution in [-0.2, 0) is 15.9 Å². The van der Waals surface area contributed by atoms with Crippen molar-refractivity contribution in [3.05, 3.63) is 22.4 Å². The molecule has 0 aliphatic rings. The number of thiophene rings is 1. The summed E-state index contributed by atoms with van der Waals surface area (Å²) in [5.41, 5.74) is 1.42. The zero-order valence-electron chi connectivity index (χ0n) is 10.8. The standard InChI is InChI=1S/C13H23NO2S/c1-12(10-13-4-9-17-11-13)14-5-3-6-16-8-7-15-2/h4,9,11-12,14H,3,5-8,10H2,1-2H3. The van der Waals surface area contributed by atoms with Gasteiger partial charge in [0.25, 0.3) is 0 Å². The van der Waals surface area contributed by atoms with E-state index in [1.807, 2.05) is 0 Å². The third-order valence-corrected chi connectivity index (χ3v) is 3.24. The Kier molecular flexibility index (Phi) is 8.26. The highest BCUT2D eigenvalue weighted by Gasteiger charge is 2.02. The van der Waals surface area contributed by atoms with E-state index in [-0.39, 0.29) is 0 Å². The monoisotopic (exact) mass is 257 g/mol. The average molecular weight is 257 g/mol. The molecule has 0 aliphatic carbocycles. The summed E-state index contributed by atoms with van der Waals surface area (Å²) in [5.74, 6) is 0. The van der Waals surface area contributed by atoms with Crippen LogP contribution in [0, 0.1) is 0 Å². The summed E-state index contributed by atoms with van der Waals surface area (Å²) >= 11 is 1.76. The molecule has 0 radical (unpaired) electrons. The highest BCUT2D eigenvalue weighted by atomic mass is 32.1. The highest BCUT2D eigenvalue weighted by molar-refractivity contribution is 7.07. The van der Waals surface area contributed by atoms with Gasteiger partial charge in [0.15, 0.2) is 0 Å². The van der Waals surface area contributed by atoms with E-state index in [0.717, 1.165) is 26.0 Å². The Labute approximate surface area is 108 Å². The molecular weight excluding hydrogens is 234 g/mol. The van der Waals surface area contributed by atoms with Crippen LogP contribution in [0.25, 0.3) is 0 Å². The molecule has 98 valence electrons. The summed E-state index contributed by atoms with van der Waals surface area (Å²) in [5, 5.41) is 7.85. The van der Waals surface area contributed by atoms with Crippen molar-refractivity contribution in [3.63, 3.8) is 0 Å². The maximum absolute atomic E-state index is 5.40. The van der Waals surface area contributed by atoms with Gasteiger partial charge in [-0.2, -0.15) is 11.3 Å². The van der Waals surface area contributed by atoms with Gasteiger partial charge in [0, 0.05) is 19.8 Å². The first-order valence-electron chi connectivity index (χ1n) is 6.14. The van der Waals surface area contributed by atoms with Crippen LogP contribution in [0.1, 0.15) is 18.9 Å². The number of ether oxygens (including phenoxy) is 2. The van der Waals surface area contributed by atoms with E-state index in [4.69, 9.17) is 9.47 Å². The number of methoxy groups -OCH3 is 1. The molecule has 1 rings (SSSR count). The first kappa shape index (κ1) is 14.6.